The fourth-order valence-corrected chi connectivity index (χ4v) is 4.09. The maximum Gasteiger partial charge on any atom is 0.258 e. The zero-order valence-corrected chi connectivity index (χ0v) is 17.6. The lowest BCUT2D eigenvalue weighted by Crippen LogP contribution is -2.68. The third-order valence-corrected chi connectivity index (χ3v) is 6.09. The molecule has 1 fully saturated rings. The van der Waals surface area contributed by atoms with Crippen molar-refractivity contribution in [3.63, 3.8) is 0 Å². The Hall–Kier alpha value is -2.91. The number of ether oxygens (including phenoxy) is 1. The van der Waals surface area contributed by atoms with E-state index in [1.54, 1.807) is 25.3 Å². The van der Waals surface area contributed by atoms with Crippen molar-refractivity contribution >= 4 is 22.6 Å². The first-order chi connectivity index (χ1) is 14.9. The van der Waals surface area contributed by atoms with E-state index in [1.165, 1.54) is 0 Å². The Balaban J connectivity index is 1.52. The molecule has 9 heteroatoms. The normalized spacial score (nSPS) is 20.7. The van der Waals surface area contributed by atoms with E-state index in [9.17, 15) is 10.2 Å². The quantitative estimate of drug-likeness (QED) is 0.432. The van der Waals surface area contributed by atoms with Crippen molar-refractivity contribution in [1.29, 1.82) is 0 Å². The Labute approximate surface area is 182 Å². The third-order valence-electron chi connectivity index (χ3n) is 5.80. The third kappa shape index (κ3) is 3.11. The number of nitrogens with zero attached hydrogens (tertiary/aromatic N) is 2. The lowest BCUT2D eigenvalue weighted by atomic mass is 9.83. The Morgan fingerprint density at radius 3 is 2.77 bits per heavy atom. The molecule has 4 aromatic rings. The molecule has 0 bridgehead atoms. The summed E-state index contributed by atoms with van der Waals surface area (Å²) in [4.78, 5) is 4.53. The van der Waals surface area contributed by atoms with Crippen LogP contribution in [0.25, 0.3) is 33.8 Å². The molecule has 0 saturated carbocycles. The molecule has 1 saturated heterocycles. The maximum atomic E-state index is 10.2. The van der Waals surface area contributed by atoms with E-state index in [2.05, 4.69) is 15.5 Å². The summed E-state index contributed by atoms with van der Waals surface area (Å²) >= 11 is 6.21. The lowest BCUT2D eigenvalue weighted by Gasteiger charge is -2.44. The van der Waals surface area contributed by atoms with Gasteiger partial charge in [0, 0.05) is 23.1 Å². The van der Waals surface area contributed by atoms with E-state index < -0.39 is 11.6 Å². The summed E-state index contributed by atoms with van der Waals surface area (Å²) in [6.07, 6.45) is -0.713. The van der Waals surface area contributed by atoms with Crippen molar-refractivity contribution in [2.75, 3.05) is 20.3 Å². The largest absolute Gasteiger partial charge is 0.495 e. The predicted octanol–water partition coefficient (Wildman–Crippen LogP) is 3.27. The van der Waals surface area contributed by atoms with Gasteiger partial charge in [-0.15, -0.1) is 0 Å². The zero-order valence-electron chi connectivity index (χ0n) is 16.8. The second kappa shape index (κ2) is 7.35. The molecule has 3 heterocycles. The fraction of sp³-hybridized carbons (Fsp3) is 0.273. The van der Waals surface area contributed by atoms with Gasteiger partial charge in [0.1, 0.15) is 22.6 Å². The van der Waals surface area contributed by atoms with Crippen LogP contribution in [-0.4, -0.2) is 46.7 Å². The second-order valence-corrected chi connectivity index (χ2v) is 8.02. The minimum absolute atomic E-state index is 0.265. The molecule has 0 spiro atoms. The lowest BCUT2D eigenvalue weighted by molar-refractivity contribution is -0.0600. The Bertz CT molecular complexity index is 1280. The second-order valence-electron chi connectivity index (χ2n) is 7.61. The number of rotatable bonds is 5. The molecular formula is C22H20ClN3O5. The molecule has 5 rings (SSSR count). The number of methoxy groups -OCH3 is 1. The number of fused-ring (bicyclic) bond motifs is 1. The van der Waals surface area contributed by atoms with E-state index in [1.807, 2.05) is 25.1 Å². The molecule has 8 nitrogen and oxygen atoms in total. The molecule has 0 aliphatic carbocycles. The van der Waals surface area contributed by atoms with Crippen LogP contribution in [0.2, 0.25) is 5.02 Å². The van der Waals surface area contributed by atoms with Gasteiger partial charge in [-0.25, -0.2) is 0 Å². The molecule has 0 radical (unpaired) electrons. The van der Waals surface area contributed by atoms with E-state index in [0.29, 0.717) is 45.9 Å². The van der Waals surface area contributed by atoms with E-state index in [-0.39, 0.29) is 6.61 Å². The minimum atomic E-state index is -0.972. The number of benzene rings is 2. The molecule has 1 aliphatic rings. The molecule has 2 unspecified atom stereocenters. The molecular weight excluding hydrogens is 422 g/mol. The highest BCUT2D eigenvalue weighted by molar-refractivity contribution is 6.32. The van der Waals surface area contributed by atoms with Crippen molar-refractivity contribution in [2.45, 2.75) is 18.6 Å². The fourth-order valence-electron chi connectivity index (χ4n) is 3.83. The van der Waals surface area contributed by atoms with Crippen LogP contribution < -0.4 is 10.1 Å². The van der Waals surface area contributed by atoms with E-state index >= 15 is 0 Å². The molecule has 2 atom stereocenters. The topological polar surface area (TPSA) is 114 Å². The Kier molecular flexibility index (Phi) is 4.75. The number of hydrogen-bond acceptors (Lipinski definition) is 8. The number of aliphatic hydroxyl groups is 2. The Morgan fingerprint density at radius 2 is 2.13 bits per heavy atom. The van der Waals surface area contributed by atoms with Crippen LogP contribution in [0.15, 0.2) is 45.3 Å². The van der Waals surface area contributed by atoms with Crippen molar-refractivity contribution in [2.24, 2.45) is 0 Å². The first-order valence-electron chi connectivity index (χ1n) is 9.72. The van der Waals surface area contributed by atoms with Crippen molar-refractivity contribution in [3.05, 3.63) is 52.7 Å². The van der Waals surface area contributed by atoms with Crippen LogP contribution in [-0.2, 0) is 5.54 Å². The van der Waals surface area contributed by atoms with Crippen LogP contribution >= 0.6 is 11.6 Å². The van der Waals surface area contributed by atoms with Gasteiger partial charge in [-0.1, -0.05) is 16.8 Å². The standard InChI is InChI=1S/C22H20ClN3O5/c1-11-5-17-13(8-19(30-17)22(10-27)18(28)9-24-22)6-14(11)20-25-21(31-26-20)12-3-4-16(29-2)15(23)7-12/h3-8,18,24,27-28H,9-10H2,1-2H3. The summed E-state index contributed by atoms with van der Waals surface area (Å²) in [5.41, 5.74) is 2.04. The number of nitrogens with one attached hydrogen (secondary N) is 1. The highest BCUT2D eigenvalue weighted by Gasteiger charge is 2.49. The SMILES string of the molecule is COc1ccc(-c2nc(-c3cc4cc(C5(CO)NCC5O)oc4cc3C)no2)cc1Cl. The monoisotopic (exact) mass is 441 g/mol. The predicted molar refractivity (Wildman–Crippen MR) is 114 cm³/mol. The molecule has 1 aliphatic heterocycles. The molecule has 31 heavy (non-hydrogen) atoms. The van der Waals surface area contributed by atoms with Gasteiger partial charge in [0.05, 0.1) is 24.8 Å². The van der Waals surface area contributed by atoms with Crippen LogP contribution in [0.1, 0.15) is 11.3 Å². The van der Waals surface area contributed by atoms with Gasteiger partial charge < -0.3 is 23.9 Å². The van der Waals surface area contributed by atoms with Gasteiger partial charge in [-0.2, -0.15) is 4.98 Å². The number of halogens is 1. The van der Waals surface area contributed by atoms with Crippen LogP contribution in [0.3, 0.4) is 0 Å². The minimum Gasteiger partial charge on any atom is -0.495 e. The highest BCUT2D eigenvalue weighted by atomic mass is 35.5. The molecule has 0 amide bonds. The summed E-state index contributed by atoms with van der Waals surface area (Å²) in [6, 6.07) is 10.8. The summed E-state index contributed by atoms with van der Waals surface area (Å²) < 4.78 is 16.6. The summed E-state index contributed by atoms with van der Waals surface area (Å²) in [7, 11) is 1.55. The van der Waals surface area contributed by atoms with Gasteiger partial charge in [0.25, 0.3) is 5.89 Å². The van der Waals surface area contributed by atoms with Crippen LogP contribution in [0.4, 0.5) is 0 Å². The Morgan fingerprint density at radius 1 is 1.29 bits per heavy atom. The number of aromatic nitrogens is 2. The van der Waals surface area contributed by atoms with E-state index in [4.69, 9.17) is 25.3 Å². The van der Waals surface area contributed by atoms with Crippen LogP contribution in [0.5, 0.6) is 5.75 Å². The first-order valence-corrected chi connectivity index (χ1v) is 10.1. The van der Waals surface area contributed by atoms with Crippen molar-refractivity contribution < 1.29 is 23.9 Å². The smallest absolute Gasteiger partial charge is 0.258 e. The molecule has 2 aromatic heterocycles. The summed E-state index contributed by atoms with van der Waals surface area (Å²) in [5.74, 6) is 1.83. The number of aryl methyl sites for hydroxylation is 1. The number of furan rings is 1. The van der Waals surface area contributed by atoms with Gasteiger partial charge in [-0.05, 0) is 48.9 Å². The maximum absolute atomic E-state index is 10.2. The molecule has 160 valence electrons. The number of aliphatic hydroxyl groups excluding tert-OH is 2. The van der Waals surface area contributed by atoms with Gasteiger partial charge in [0.15, 0.2) is 0 Å². The van der Waals surface area contributed by atoms with Gasteiger partial charge in [-0.3, -0.25) is 5.32 Å². The zero-order chi connectivity index (χ0) is 21.8. The molecule has 2 aromatic carbocycles. The van der Waals surface area contributed by atoms with Gasteiger partial charge >= 0.3 is 0 Å². The molecule has 3 N–H and O–H groups in total. The van der Waals surface area contributed by atoms with Crippen molar-refractivity contribution in [1.82, 2.24) is 15.5 Å². The van der Waals surface area contributed by atoms with Gasteiger partial charge in [0.2, 0.25) is 5.82 Å². The number of β-amino-alcohol motifs (C(OH)–C–C–N with tert-alkyl or cyclic N) is 1. The summed E-state index contributed by atoms with van der Waals surface area (Å²) in [6.45, 7) is 2.07. The average Bonchev–Trinajstić information content (AvgIpc) is 3.40. The summed E-state index contributed by atoms with van der Waals surface area (Å²) in [5, 5.41) is 28.4. The van der Waals surface area contributed by atoms with Crippen LogP contribution in [0, 0.1) is 6.92 Å². The van der Waals surface area contributed by atoms with Crippen molar-refractivity contribution in [3.8, 4) is 28.6 Å². The first kappa shape index (κ1) is 20.0. The average molecular weight is 442 g/mol. The van der Waals surface area contributed by atoms with E-state index in [0.717, 1.165) is 16.5 Å². The number of hydrogen-bond donors (Lipinski definition) is 3. The highest BCUT2D eigenvalue weighted by Crippen LogP contribution is 2.37.